The second-order valence-corrected chi connectivity index (χ2v) is 20.6. The van der Waals surface area contributed by atoms with Crippen molar-refractivity contribution < 1.29 is 0 Å². The van der Waals surface area contributed by atoms with E-state index in [0.29, 0.717) is 5.92 Å². The third kappa shape index (κ3) is 4.49. The Morgan fingerprint density at radius 2 is 1.21 bits per heavy atom. The molecule has 0 radical (unpaired) electrons. The second kappa shape index (κ2) is 8.08. The monoisotopic (exact) mass is 416 g/mol. The van der Waals surface area contributed by atoms with Crippen LogP contribution in [0.4, 0.5) is 0 Å². The third-order valence-corrected chi connectivity index (χ3v) is 10.4. The van der Waals surface area contributed by atoms with Crippen LogP contribution in [-0.2, 0) is 0 Å². The van der Waals surface area contributed by atoms with Gasteiger partial charge in [0.25, 0.3) is 0 Å². The van der Waals surface area contributed by atoms with Crippen LogP contribution >= 0.6 is 0 Å². The normalized spacial score (nSPS) is 14.8. The summed E-state index contributed by atoms with van der Waals surface area (Å²) >= 11 is 0. The predicted molar refractivity (Wildman–Crippen MR) is 136 cm³/mol. The molecular weight excluding hydrogens is 380 g/mol. The maximum atomic E-state index is 2.48. The van der Waals surface area contributed by atoms with Gasteiger partial charge >= 0.3 is 0 Å². The first-order valence-corrected chi connectivity index (χ1v) is 17.8. The smallest absolute Gasteiger partial charge is 0.0772 e. The standard InChI is InChI=1S/C27H36Si2/c1-20(2)25(28(3,4)5)18-13-19-26(29(6,7)8)27-23-16-11-9-14-21(23)22-15-10-12-17-24(22)27/h9-19,27H,1-8H3. The van der Waals surface area contributed by atoms with E-state index in [-0.39, 0.29) is 0 Å². The van der Waals surface area contributed by atoms with E-state index in [1.807, 2.05) is 0 Å². The molecule has 0 N–H and O–H groups in total. The summed E-state index contributed by atoms with van der Waals surface area (Å²) in [5.74, 6) is 0.390. The summed E-state index contributed by atoms with van der Waals surface area (Å²) in [6.45, 7) is 19.3. The fraction of sp³-hybridized carbons (Fsp3) is 0.333. The molecular formula is C27H36Si2. The van der Waals surface area contributed by atoms with E-state index in [0.717, 1.165) is 0 Å². The largest absolute Gasteiger partial charge is 0.0775 e. The van der Waals surface area contributed by atoms with Crippen molar-refractivity contribution in [1.82, 2.24) is 0 Å². The maximum Gasteiger partial charge on any atom is 0.0775 e. The lowest BCUT2D eigenvalue weighted by molar-refractivity contribution is 1.03. The van der Waals surface area contributed by atoms with Crippen LogP contribution in [0.3, 0.4) is 0 Å². The fourth-order valence-electron chi connectivity index (χ4n) is 4.68. The summed E-state index contributed by atoms with van der Waals surface area (Å²) in [6, 6.07) is 18.0. The highest BCUT2D eigenvalue weighted by Gasteiger charge is 2.35. The molecule has 2 heteroatoms. The minimum atomic E-state index is -1.53. The van der Waals surface area contributed by atoms with Gasteiger partial charge in [-0.1, -0.05) is 122 Å². The van der Waals surface area contributed by atoms with Crippen LogP contribution in [0, 0.1) is 0 Å². The van der Waals surface area contributed by atoms with Crippen molar-refractivity contribution in [2.24, 2.45) is 0 Å². The average molecular weight is 417 g/mol. The van der Waals surface area contributed by atoms with Crippen LogP contribution in [-0.4, -0.2) is 16.1 Å². The minimum absolute atomic E-state index is 0.390. The first-order chi connectivity index (χ1) is 13.5. The van der Waals surface area contributed by atoms with E-state index in [9.17, 15) is 0 Å². The molecule has 0 unspecified atom stereocenters. The molecule has 0 heterocycles. The van der Waals surface area contributed by atoms with Crippen molar-refractivity contribution in [2.45, 2.75) is 59.0 Å². The van der Waals surface area contributed by atoms with Crippen molar-refractivity contribution >= 4 is 16.1 Å². The van der Waals surface area contributed by atoms with Crippen LogP contribution in [0.15, 0.2) is 82.7 Å². The Kier molecular flexibility index (Phi) is 6.07. The second-order valence-electron chi connectivity index (χ2n) is 10.5. The molecule has 3 rings (SSSR count). The Balaban J connectivity index is 2.13. The van der Waals surface area contributed by atoms with Gasteiger partial charge in [-0.2, -0.15) is 0 Å². The number of allylic oxidation sites excluding steroid dienone is 6. The zero-order chi connectivity index (χ0) is 21.4. The molecule has 0 atom stereocenters. The summed E-state index contributed by atoms with van der Waals surface area (Å²) in [5, 5.41) is 3.19. The van der Waals surface area contributed by atoms with Gasteiger partial charge in [-0.25, -0.2) is 0 Å². The molecule has 0 spiro atoms. The zero-order valence-corrected chi connectivity index (χ0v) is 21.4. The van der Waals surface area contributed by atoms with Gasteiger partial charge in [0.1, 0.15) is 0 Å². The molecule has 0 bridgehead atoms. The third-order valence-electron chi connectivity index (χ3n) is 5.90. The Morgan fingerprint density at radius 1 is 0.724 bits per heavy atom. The van der Waals surface area contributed by atoms with Crippen LogP contribution < -0.4 is 0 Å². The number of fused-ring (bicyclic) bond motifs is 3. The molecule has 0 saturated carbocycles. The Morgan fingerprint density at radius 3 is 1.62 bits per heavy atom. The molecule has 2 aromatic rings. The van der Waals surface area contributed by atoms with Gasteiger partial charge in [-0.3, -0.25) is 0 Å². The van der Waals surface area contributed by atoms with Crippen LogP contribution in [0.5, 0.6) is 0 Å². The van der Waals surface area contributed by atoms with Crippen molar-refractivity contribution in [3.8, 4) is 11.1 Å². The molecule has 0 amide bonds. The van der Waals surface area contributed by atoms with Crippen molar-refractivity contribution in [1.29, 1.82) is 0 Å². The lowest BCUT2D eigenvalue weighted by Gasteiger charge is -2.28. The van der Waals surface area contributed by atoms with Crippen LogP contribution in [0.25, 0.3) is 11.1 Å². The summed E-state index contributed by atoms with van der Waals surface area (Å²) in [4.78, 5) is 0. The number of rotatable bonds is 5. The summed E-state index contributed by atoms with van der Waals surface area (Å²) < 4.78 is 0. The number of benzene rings is 2. The molecule has 0 aliphatic heterocycles. The van der Waals surface area contributed by atoms with Crippen LogP contribution in [0.1, 0.15) is 30.9 Å². The van der Waals surface area contributed by atoms with E-state index < -0.39 is 16.1 Å². The lowest BCUT2D eigenvalue weighted by Crippen LogP contribution is -2.28. The van der Waals surface area contributed by atoms with Gasteiger partial charge < -0.3 is 0 Å². The molecule has 0 saturated heterocycles. The van der Waals surface area contributed by atoms with Gasteiger partial charge in [-0.05, 0) is 36.1 Å². The van der Waals surface area contributed by atoms with Gasteiger partial charge in [0, 0.05) is 5.92 Å². The van der Waals surface area contributed by atoms with E-state index in [4.69, 9.17) is 0 Å². The van der Waals surface area contributed by atoms with Crippen molar-refractivity contribution in [2.75, 3.05) is 0 Å². The number of hydrogen-bond acceptors (Lipinski definition) is 0. The molecule has 29 heavy (non-hydrogen) atoms. The molecule has 0 nitrogen and oxygen atoms in total. The van der Waals surface area contributed by atoms with Gasteiger partial charge in [-0.15, -0.1) is 0 Å². The quantitative estimate of drug-likeness (QED) is 0.339. The molecule has 0 fully saturated rings. The molecule has 1 aliphatic carbocycles. The molecule has 2 aromatic carbocycles. The first kappa shape index (κ1) is 21.8. The zero-order valence-electron chi connectivity index (χ0n) is 19.4. The topological polar surface area (TPSA) is 0 Å². The molecule has 152 valence electrons. The highest BCUT2D eigenvalue weighted by atomic mass is 28.3. The fourth-order valence-corrected chi connectivity index (χ4v) is 8.55. The number of hydrogen-bond donors (Lipinski definition) is 0. The Bertz CT molecular complexity index is 942. The SMILES string of the molecule is CC(C)=C(C=CC=C(C1c2ccccc2-c2ccccc21)[Si](C)(C)C)[Si](C)(C)C. The predicted octanol–water partition coefficient (Wildman–Crippen LogP) is 8.37. The summed E-state index contributed by atoms with van der Waals surface area (Å²) in [6.07, 6.45) is 7.20. The van der Waals surface area contributed by atoms with Gasteiger partial charge in [0.05, 0.1) is 16.1 Å². The van der Waals surface area contributed by atoms with E-state index in [1.54, 1.807) is 10.4 Å². The van der Waals surface area contributed by atoms with Gasteiger partial charge in [0.15, 0.2) is 0 Å². The first-order valence-electron chi connectivity index (χ1n) is 10.8. The highest BCUT2D eigenvalue weighted by molar-refractivity contribution is 6.84. The lowest BCUT2D eigenvalue weighted by atomic mass is 9.96. The molecule has 1 aliphatic rings. The van der Waals surface area contributed by atoms with Crippen molar-refractivity contribution in [3.63, 3.8) is 0 Å². The maximum absolute atomic E-state index is 2.48. The average Bonchev–Trinajstić information content (AvgIpc) is 2.94. The van der Waals surface area contributed by atoms with E-state index in [2.05, 4.69) is 120 Å². The Hall–Kier alpha value is -1.91. The van der Waals surface area contributed by atoms with Gasteiger partial charge in [0.2, 0.25) is 0 Å². The van der Waals surface area contributed by atoms with Crippen LogP contribution in [0.2, 0.25) is 39.3 Å². The molecule has 0 aromatic heterocycles. The van der Waals surface area contributed by atoms with E-state index in [1.165, 1.54) is 27.8 Å². The van der Waals surface area contributed by atoms with Crippen molar-refractivity contribution in [3.05, 3.63) is 93.9 Å². The highest BCUT2D eigenvalue weighted by Crippen LogP contribution is 2.49. The summed E-state index contributed by atoms with van der Waals surface area (Å²) in [7, 11) is -2.87. The summed E-state index contributed by atoms with van der Waals surface area (Å²) in [5.41, 5.74) is 7.23. The van der Waals surface area contributed by atoms with E-state index >= 15 is 0 Å². The minimum Gasteiger partial charge on any atom is -0.0772 e. The Labute approximate surface area is 180 Å².